The number of nitrogens with zero attached hydrogens (tertiary/aromatic N) is 4. The molecule has 0 bridgehead atoms. The van der Waals surface area contributed by atoms with Gasteiger partial charge < -0.3 is 10.1 Å². The van der Waals surface area contributed by atoms with Crippen LogP contribution in [0.4, 0.5) is 0 Å². The van der Waals surface area contributed by atoms with E-state index in [0.29, 0.717) is 5.91 Å². The van der Waals surface area contributed by atoms with Crippen LogP contribution in [-0.4, -0.2) is 59.9 Å². The third kappa shape index (κ3) is 5.50. The first-order valence-corrected chi connectivity index (χ1v) is 11.1. The van der Waals surface area contributed by atoms with E-state index in [1.54, 1.807) is 0 Å². The molecule has 0 aliphatic carbocycles. The molecule has 4 rings (SSSR count). The quantitative estimate of drug-likeness (QED) is 0.542. The van der Waals surface area contributed by atoms with E-state index in [2.05, 4.69) is 20.8 Å². The van der Waals surface area contributed by atoms with Crippen LogP contribution in [0.2, 0.25) is 5.02 Å². The van der Waals surface area contributed by atoms with Crippen molar-refractivity contribution in [3.8, 4) is 0 Å². The molecule has 2 aliphatic heterocycles. The number of hydrogen-bond acceptors (Lipinski definition) is 4. The Labute approximate surface area is 183 Å². The molecule has 2 saturated heterocycles. The second kappa shape index (κ2) is 9.77. The van der Waals surface area contributed by atoms with Crippen molar-refractivity contribution in [2.24, 2.45) is 5.92 Å². The van der Waals surface area contributed by atoms with Gasteiger partial charge in [0.25, 0.3) is 0 Å². The standard InChI is InChI=1S/C23H29ClN4O2/c24-22-3-1-2-20(16-22)18-26-12-14-27(15-13-26)23(29)21-6-8-25(9-7-21)17-19-4-10-28(30)11-5-19/h1-5,10-11,16,21H,6-9,12-15,17-18H2. The van der Waals surface area contributed by atoms with Crippen molar-refractivity contribution in [3.05, 3.63) is 70.1 Å². The number of piperazine rings is 1. The number of piperidine rings is 1. The van der Waals surface area contributed by atoms with Crippen molar-refractivity contribution in [1.82, 2.24) is 14.7 Å². The number of aromatic nitrogens is 1. The summed E-state index contributed by atoms with van der Waals surface area (Å²) in [5, 5.41) is 11.9. The summed E-state index contributed by atoms with van der Waals surface area (Å²) in [6, 6.07) is 11.7. The highest BCUT2D eigenvalue weighted by atomic mass is 35.5. The summed E-state index contributed by atoms with van der Waals surface area (Å²) in [5.74, 6) is 0.462. The number of amides is 1. The third-order valence-electron chi connectivity index (χ3n) is 6.19. The minimum absolute atomic E-state index is 0.139. The van der Waals surface area contributed by atoms with Crippen molar-refractivity contribution in [1.29, 1.82) is 0 Å². The van der Waals surface area contributed by atoms with Crippen LogP contribution in [0.1, 0.15) is 24.0 Å². The zero-order chi connectivity index (χ0) is 20.9. The maximum Gasteiger partial charge on any atom is 0.225 e. The maximum atomic E-state index is 13.0. The second-order valence-electron chi connectivity index (χ2n) is 8.35. The van der Waals surface area contributed by atoms with E-state index in [1.807, 2.05) is 30.3 Å². The number of halogens is 1. The lowest BCUT2D eigenvalue weighted by Gasteiger charge is -2.38. The van der Waals surface area contributed by atoms with Crippen LogP contribution in [0.3, 0.4) is 0 Å². The minimum Gasteiger partial charge on any atom is -0.619 e. The molecule has 0 saturated carbocycles. The van der Waals surface area contributed by atoms with Gasteiger partial charge in [-0.2, -0.15) is 4.73 Å². The number of benzene rings is 1. The highest BCUT2D eigenvalue weighted by Crippen LogP contribution is 2.22. The lowest BCUT2D eigenvalue weighted by atomic mass is 9.94. The lowest BCUT2D eigenvalue weighted by molar-refractivity contribution is -0.605. The summed E-state index contributed by atoms with van der Waals surface area (Å²) in [5.41, 5.74) is 2.36. The van der Waals surface area contributed by atoms with E-state index in [-0.39, 0.29) is 5.92 Å². The molecule has 1 aromatic heterocycles. The molecule has 160 valence electrons. The molecular weight excluding hydrogens is 400 g/mol. The van der Waals surface area contributed by atoms with Crippen molar-refractivity contribution in [2.75, 3.05) is 39.3 Å². The van der Waals surface area contributed by atoms with Gasteiger partial charge in [-0.3, -0.25) is 14.6 Å². The maximum absolute atomic E-state index is 13.0. The molecule has 0 unspecified atom stereocenters. The Morgan fingerprint density at radius 3 is 2.23 bits per heavy atom. The van der Waals surface area contributed by atoms with Crippen LogP contribution in [0, 0.1) is 11.1 Å². The summed E-state index contributed by atoms with van der Waals surface area (Å²) >= 11 is 6.09. The first-order chi connectivity index (χ1) is 14.6. The average molecular weight is 429 g/mol. The molecule has 0 radical (unpaired) electrons. The predicted octanol–water partition coefficient (Wildman–Crippen LogP) is 2.53. The number of carbonyl (C=O) groups excluding carboxylic acids is 1. The highest BCUT2D eigenvalue weighted by molar-refractivity contribution is 6.30. The van der Waals surface area contributed by atoms with E-state index in [9.17, 15) is 10.0 Å². The van der Waals surface area contributed by atoms with Crippen molar-refractivity contribution in [3.63, 3.8) is 0 Å². The minimum atomic E-state index is 0.139. The molecule has 3 heterocycles. The number of carbonyl (C=O) groups is 1. The second-order valence-corrected chi connectivity index (χ2v) is 8.78. The van der Waals surface area contributed by atoms with Crippen molar-refractivity contribution in [2.45, 2.75) is 25.9 Å². The smallest absolute Gasteiger partial charge is 0.225 e. The molecule has 7 heteroatoms. The number of likely N-dealkylation sites (tertiary alicyclic amines) is 1. The van der Waals surface area contributed by atoms with Crippen LogP contribution in [0.15, 0.2) is 48.8 Å². The van der Waals surface area contributed by atoms with E-state index < -0.39 is 0 Å². The fourth-order valence-electron chi connectivity index (χ4n) is 4.42. The molecular formula is C23H29ClN4O2. The normalized spacial score (nSPS) is 19.2. The largest absolute Gasteiger partial charge is 0.619 e. The predicted molar refractivity (Wildman–Crippen MR) is 117 cm³/mol. The van der Waals surface area contributed by atoms with Gasteiger partial charge in [0.15, 0.2) is 12.4 Å². The van der Waals surface area contributed by atoms with Gasteiger partial charge in [-0.25, -0.2) is 0 Å². The zero-order valence-corrected chi connectivity index (χ0v) is 18.0. The van der Waals surface area contributed by atoms with Gasteiger partial charge in [-0.05, 0) is 49.2 Å². The van der Waals surface area contributed by atoms with Crippen LogP contribution >= 0.6 is 11.6 Å². The fraction of sp³-hybridized carbons (Fsp3) is 0.478. The molecule has 2 aromatic rings. The number of hydrogen-bond donors (Lipinski definition) is 0. The van der Waals surface area contributed by atoms with Gasteiger partial charge >= 0.3 is 0 Å². The SMILES string of the molecule is O=C(C1CCN(Cc2cc[n+]([O-])cc2)CC1)N1CCN(Cc2cccc(Cl)c2)CC1. The first-order valence-electron chi connectivity index (χ1n) is 10.7. The zero-order valence-electron chi connectivity index (χ0n) is 17.3. The topological polar surface area (TPSA) is 53.7 Å². The molecule has 6 nitrogen and oxygen atoms in total. The molecule has 0 N–H and O–H groups in total. The Kier molecular flexibility index (Phi) is 6.87. The fourth-order valence-corrected chi connectivity index (χ4v) is 4.64. The lowest BCUT2D eigenvalue weighted by Crippen LogP contribution is -2.51. The van der Waals surface area contributed by atoms with Crippen molar-refractivity contribution < 1.29 is 9.52 Å². The summed E-state index contributed by atoms with van der Waals surface area (Å²) in [6.07, 6.45) is 4.90. The van der Waals surface area contributed by atoms with Crippen LogP contribution < -0.4 is 4.73 Å². The molecule has 0 atom stereocenters. The Morgan fingerprint density at radius 1 is 0.933 bits per heavy atom. The Bertz CT molecular complexity index is 845. The average Bonchev–Trinajstić information content (AvgIpc) is 2.76. The summed E-state index contributed by atoms with van der Waals surface area (Å²) < 4.78 is 0.809. The number of rotatable bonds is 5. The van der Waals surface area contributed by atoms with Gasteiger partial charge in [0, 0.05) is 62.3 Å². The van der Waals surface area contributed by atoms with Gasteiger partial charge in [-0.15, -0.1) is 0 Å². The molecule has 1 aromatic carbocycles. The van der Waals surface area contributed by atoms with E-state index in [4.69, 9.17) is 11.6 Å². The molecule has 2 aliphatic rings. The Balaban J connectivity index is 1.21. The first kappa shape index (κ1) is 21.1. The van der Waals surface area contributed by atoms with E-state index >= 15 is 0 Å². The molecule has 30 heavy (non-hydrogen) atoms. The van der Waals surface area contributed by atoms with Crippen LogP contribution in [0.5, 0.6) is 0 Å². The van der Waals surface area contributed by atoms with Gasteiger partial charge in [0.05, 0.1) is 0 Å². The summed E-state index contributed by atoms with van der Waals surface area (Å²) in [4.78, 5) is 19.8. The highest BCUT2D eigenvalue weighted by Gasteiger charge is 2.30. The number of pyridine rings is 1. The van der Waals surface area contributed by atoms with Gasteiger partial charge in [-0.1, -0.05) is 23.7 Å². The Hall–Kier alpha value is -2.15. The summed E-state index contributed by atoms with van der Waals surface area (Å²) in [6.45, 7) is 7.00. The summed E-state index contributed by atoms with van der Waals surface area (Å²) in [7, 11) is 0. The van der Waals surface area contributed by atoms with Crippen LogP contribution in [-0.2, 0) is 17.9 Å². The molecule has 0 spiro atoms. The van der Waals surface area contributed by atoms with Crippen LogP contribution in [0.25, 0.3) is 0 Å². The van der Waals surface area contributed by atoms with Crippen molar-refractivity contribution >= 4 is 17.5 Å². The van der Waals surface area contributed by atoms with E-state index in [1.165, 1.54) is 18.0 Å². The third-order valence-corrected chi connectivity index (χ3v) is 6.43. The van der Waals surface area contributed by atoms with E-state index in [0.717, 1.165) is 80.5 Å². The Morgan fingerprint density at radius 2 is 1.57 bits per heavy atom. The van der Waals surface area contributed by atoms with Gasteiger partial charge in [0.2, 0.25) is 5.91 Å². The monoisotopic (exact) mass is 428 g/mol. The molecule has 1 amide bonds. The molecule has 2 fully saturated rings. The van der Waals surface area contributed by atoms with Gasteiger partial charge in [0.1, 0.15) is 0 Å².